The summed E-state index contributed by atoms with van der Waals surface area (Å²) in [5, 5.41) is 11.0. The first-order chi connectivity index (χ1) is 13.2. The smallest absolute Gasteiger partial charge is 0.227 e. The maximum Gasteiger partial charge on any atom is 0.227 e. The lowest BCUT2D eigenvalue weighted by molar-refractivity contribution is 0.407. The number of nitrogens with one attached hydrogen (secondary N) is 2. The highest BCUT2D eigenvalue weighted by Gasteiger charge is 2.25. The van der Waals surface area contributed by atoms with Crippen molar-refractivity contribution in [3.8, 4) is 0 Å². The van der Waals surface area contributed by atoms with Crippen LogP contribution in [0, 0.1) is 11.8 Å². The van der Waals surface area contributed by atoms with E-state index in [0.29, 0.717) is 5.92 Å². The summed E-state index contributed by atoms with van der Waals surface area (Å²) in [5.74, 6) is 4.70. The number of anilines is 3. The number of nitrogens with zero attached hydrogens (tertiary/aromatic N) is 4. The van der Waals surface area contributed by atoms with Gasteiger partial charge in [0.2, 0.25) is 5.95 Å². The maximum atomic E-state index is 4.74. The number of hydrogen-bond acceptors (Lipinski definition) is 5. The van der Waals surface area contributed by atoms with Crippen molar-refractivity contribution >= 4 is 17.6 Å². The van der Waals surface area contributed by atoms with Gasteiger partial charge in [0.25, 0.3) is 0 Å². The minimum Gasteiger partial charge on any atom is -0.340 e. The molecule has 0 aromatic carbocycles. The average molecular weight is 369 g/mol. The number of H-pyrrole nitrogens is 1. The highest BCUT2D eigenvalue weighted by Crippen LogP contribution is 2.34. The lowest BCUT2D eigenvalue weighted by Gasteiger charge is -2.18. The van der Waals surface area contributed by atoms with Crippen molar-refractivity contribution in [2.24, 2.45) is 11.8 Å². The molecule has 0 spiro atoms. The maximum absolute atomic E-state index is 4.74. The second-order valence-corrected chi connectivity index (χ2v) is 8.41. The fraction of sp³-hybridized carbons (Fsp3) is 0.667. The summed E-state index contributed by atoms with van der Waals surface area (Å²) in [6, 6.07) is 4.05. The molecule has 2 unspecified atom stereocenters. The Kier molecular flexibility index (Phi) is 5.60. The van der Waals surface area contributed by atoms with E-state index in [1.165, 1.54) is 50.6 Å². The zero-order valence-corrected chi connectivity index (χ0v) is 16.6. The van der Waals surface area contributed by atoms with E-state index in [-0.39, 0.29) is 0 Å². The normalized spacial score (nSPS) is 21.7. The van der Waals surface area contributed by atoms with E-state index in [4.69, 9.17) is 4.98 Å². The first kappa shape index (κ1) is 18.3. The van der Waals surface area contributed by atoms with Gasteiger partial charge >= 0.3 is 0 Å². The van der Waals surface area contributed by atoms with E-state index in [1.807, 2.05) is 12.3 Å². The Bertz CT molecular complexity index is 736. The number of aromatic nitrogens is 4. The van der Waals surface area contributed by atoms with Gasteiger partial charge in [0.1, 0.15) is 5.82 Å². The van der Waals surface area contributed by atoms with Gasteiger partial charge < -0.3 is 10.2 Å². The Balaban J connectivity index is 1.38. The van der Waals surface area contributed by atoms with Crippen LogP contribution >= 0.6 is 0 Å². The van der Waals surface area contributed by atoms with Crippen LogP contribution in [0.3, 0.4) is 0 Å². The zero-order chi connectivity index (χ0) is 18.6. The number of hydrogen-bond donors (Lipinski definition) is 2. The fourth-order valence-electron chi connectivity index (χ4n) is 4.49. The Morgan fingerprint density at radius 3 is 2.93 bits per heavy atom. The third-order valence-corrected chi connectivity index (χ3v) is 6.29. The lowest BCUT2D eigenvalue weighted by Crippen LogP contribution is -2.22. The van der Waals surface area contributed by atoms with Gasteiger partial charge in [-0.15, -0.1) is 0 Å². The second kappa shape index (κ2) is 8.28. The molecule has 2 aromatic heterocycles. The fourth-order valence-corrected chi connectivity index (χ4v) is 4.49. The topological polar surface area (TPSA) is 69.7 Å². The second-order valence-electron chi connectivity index (χ2n) is 8.41. The standard InChI is InChI=1S/C21H32N6/c1-3-15(2)12-16-9-11-27(14-16)21-22-10-8-19(24-21)23-20-13-18(25-26-20)17-6-4-5-7-17/h8,10,13,15-17H,3-7,9,11-12,14H2,1-2H3,(H2,22,23,24,25,26). The third kappa shape index (κ3) is 4.42. The van der Waals surface area contributed by atoms with Gasteiger partial charge in [-0.25, -0.2) is 4.98 Å². The van der Waals surface area contributed by atoms with Gasteiger partial charge in [-0.2, -0.15) is 10.1 Å². The van der Waals surface area contributed by atoms with Crippen LogP contribution in [0.1, 0.15) is 70.4 Å². The van der Waals surface area contributed by atoms with Crippen LogP contribution in [-0.2, 0) is 0 Å². The van der Waals surface area contributed by atoms with E-state index in [9.17, 15) is 0 Å². The minimum absolute atomic E-state index is 0.640. The van der Waals surface area contributed by atoms with E-state index in [0.717, 1.165) is 42.5 Å². The molecule has 1 aliphatic carbocycles. The molecule has 0 bridgehead atoms. The lowest BCUT2D eigenvalue weighted by atomic mass is 9.93. The van der Waals surface area contributed by atoms with Gasteiger partial charge in [-0.1, -0.05) is 33.1 Å². The van der Waals surface area contributed by atoms with Crippen molar-refractivity contribution in [3.63, 3.8) is 0 Å². The number of rotatable bonds is 7. The Hall–Kier alpha value is -2.11. The molecule has 2 N–H and O–H groups in total. The van der Waals surface area contributed by atoms with Crippen LogP contribution in [0.5, 0.6) is 0 Å². The van der Waals surface area contributed by atoms with E-state index in [1.54, 1.807) is 0 Å². The molecule has 4 rings (SSSR count). The highest BCUT2D eigenvalue weighted by atomic mass is 15.3. The van der Waals surface area contributed by atoms with Crippen molar-refractivity contribution in [1.29, 1.82) is 0 Å². The third-order valence-electron chi connectivity index (χ3n) is 6.29. The number of aromatic amines is 1. The monoisotopic (exact) mass is 368 g/mol. The predicted molar refractivity (Wildman–Crippen MR) is 110 cm³/mol. The summed E-state index contributed by atoms with van der Waals surface area (Å²) in [5.41, 5.74) is 1.25. The molecule has 146 valence electrons. The van der Waals surface area contributed by atoms with Crippen molar-refractivity contribution < 1.29 is 0 Å². The molecule has 6 nitrogen and oxygen atoms in total. The van der Waals surface area contributed by atoms with Gasteiger partial charge in [0.05, 0.1) is 0 Å². The molecule has 0 radical (unpaired) electrons. The molecule has 1 saturated carbocycles. The first-order valence-corrected chi connectivity index (χ1v) is 10.6. The largest absolute Gasteiger partial charge is 0.340 e. The van der Waals surface area contributed by atoms with Crippen LogP contribution in [0.4, 0.5) is 17.6 Å². The molecule has 2 aromatic rings. The van der Waals surface area contributed by atoms with Crippen molar-refractivity contribution in [3.05, 3.63) is 24.0 Å². The quantitative estimate of drug-likeness (QED) is 0.730. The first-order valence-electron chi connectivity index (χ1n) is 10.6. The van der Waals surface area contributed by atoms with Crippen molar-refractivity contribution in [2.75, 3.05) is 23.3 Å². The molecule has 1 aliphatic heterocycles. The summed E-state index contributed by atoms with van der Waals surface area (Å²) < 4.78 is 0. The van der Waals surface area contributed by atoms with Crippen LogP contribution in [0.2, 0.25) is 0 Å². The van der Waals surface area contributed by atoms with Gasteiger partial charge in [-0.05, 0) is 43.6 Å². The molecular formula is C21H32N6. The van der Waals surface area contributed by atoms with Crippen LogP contribution in [0.15, 0.2) is 18.3 Å². The zero-order valence-electron chi connectivity index (χ0n) is 16.6. The molecule has 27 heavy (non-hydrogen) atoms. The predicted octanol–water partition coefficient (Wildman–Crippen LogP) is 4.86. The Labute approximate surface area is 162 Å². The summed E-state index contributed by atoms with van der Waals surface area (Å²) in [6.07, 6.45) is 10.9. The summed E-state index contributed by atoms with van der Waals surface area (Å²) >= 11 is 0. The van der Waals surface area contributed by atoms with Crippen LogP contribution in [-0.4, -0.2) is 33.3 Å². The van der Waals surface area contributed by atoms with Crippen molar-refractivity contribution in [1.82, 2.24) is 20.2 Å². The van der Waals surface area contributed by atoms with E-state index >= 15 is 0 Å². The van der Waals surface area contributed by atoms with Crippen LogP contribution in [0.25, 0.3) is 0 Å². The van der Waals surface area contributed by atoms with Crippen molar-refractivity contribution in [2.45, 2.75) is 64.7 Å². The molecule has 2 fully saturated rings. The minimum atomic E-state index is 0.640. The van der Waals surface area contributed by atoms with Gasteiger partial charge in [0, 0.05) is 37.0 Å². The van der Waals surface area contributed by atoms with E-state index in [2.05, 4.69) is 45.3 Å². The average Bonchev–Trinajstić information content (AvgIpc) is 3.43. The van der Waals surface area contributed by atoms with Gasteiger partial charge in [-0.3, -0.25) is 5.10 Å². The van der Waals surface area contributed by atoms with Gasteiger partial charge in [0.15, 0.2) is 5.82 Å². The molecule has 3 heterocycles. The summed E-state index contributed by atoms with van der Waals surface area (Å²) in [4.78, 5) is 11.6. The van der Waals surface area contributed by atoms with Crippen LogP contribution < -0.4 is 10.2 Å². The molecule has 6 heteroatoms. The molecular weight excluding hydrogens is 336 g/mol. The van der Waals surface area contributed by atoms with E-state index < -0.39 is 0 Å². The molecule has 1 saturated heterocycles. The molecule has 2 atom stereocenters. The Morgan fingerprint density at radius 2 is 2.11 bits per heavy atom. The molecule has 2 aliphatic rings. The Morgan fingerprint density at radius 1 is 1.26 bits per heavy atom. The summed E-state index contributed by atoms with van der Waals surface area (Å²) in [6.45, 7) is 6.76. The highest BCUT2D eigenvalue weighted by molar-refractivity contribution is 5.53. The SMILES string of the molecule is CCC(C)CC1CCN(c2nccc(Nc3cc(C4CCCC4)[nH]n3)n2)C1. The summed E-state index contributed by atoms with van der Waals surface area (Å²) in [7, 11) is 0. The molecule has 0 amide bonds.